The summed E-state index contributed by atoms with van der Waals surface area (Å²) in [7, 11) is 1.60. The number of carbonyl (C=O) groups excluding carboxylic acids is 1. The number of benzene rings is 2. The summed E-state index contributed by atoms with van der Waals surface area (Å²) in [5, 5.41) is 11.3. The molecule has 1 saturated heterocycles. The van der Waals surface area contributed by atoms with Gasteiger partial charge in [-0.25, -0.2) is 0 Å². The minimum atomic E-state index is -0.734. The van der Waals surface area contributed by atoms with Gasteiger partial charge in [-0.3, -0.25) is 4.79 Å². The smallest absolute Gasteiger partial charge is 0.247 e. The molecular weight excluding hydrogens is 358 g/mol. The van der Waals surface area contributed by atoms with Crippen molar-refractivity contribution in [2.24, 2.45) is 0 Å². The molecule has 2 aliphatic heterocycles. The number of rotatable bonds is 3. The highest BCUT2D eigenvalue weighted by molar-refractivity contribution is 5.86. The molecular formula is C21H19N3O4. The van der Waals surface area contributed by atoms with Crippen LogP contribution in [-0.4, -0.2) is 28.9 Å². The molecule has 0 radical (unpaired) electrons. The average Bonchev–Trinajstić information content (AvgIpc) is 3.17. The zero-order chi connectivity index (χ0) is 19.3. The Morgan fingerprint density at radius 2 is 2.04 bits per heavy atom. The van der Waals surface area contributed by atoms with Gasteiger partial charge in [0.15, 0.2) is 5.72 Å². The van der Waals surface area contributed by atoms with Crippen molar-refractivity contribution in [3.63, 3.8) is 0 Å². The van der Waals surface area contributed by atoms with Gasteiger partial charge in [-0.1, -0.05) is 24.3 Å². The third-order valence-electron chi connectivity index (χ3n) is 5.36. The van der Waals surface area contributed by atoms with Crippen LogP contribution >= 0.6 is 0 Å². The van der Waals surface area contributed by atoms with Crippen molar-refractivity contribution < 1.29 is 18.7 Å². The first kappa shape index (κ1) is 16.8. The van der Waals surface area contributed by atoms with Crippen LogP contribution < -0.4 is 14.8 Å². The summed E-state index contributed by atoms with van der Waals surface area (Å²) in [6, 6.07) is 15.2. The van der Waals surface area contributed by atoms with Crippen LogP contribution in [0.2, 0.25) is 0 Å². The summed E-state index contributed by atoms with van der Waals surface area (Å²) in [4.78, 5) is 12.9. The molecule has 0 aliphatic carbocycles. The first-order chi connectivity index (χ1) is 13.6. The molecule has 142 valence electrons. The first-order valence-corrected chi connectivity index (χ1v) is 9.14. The minimum Gasteiger partial charge on any atom is -0.497 e. The number of nitrogens with one attached hydrogen (secondary N) is 1. The van der Waals surface area contributed by atoms with Crippen molar-refractivity contribution in [3.8, 4) is 23.0 Å². The maximum Gasteiger partial charge on any atom is 0.247 e. The zero-order valence-electron chi connectivity index (χ0n) is 15.5. The van der Waals surface area contributed by atoms with Gasteiger partial charge in [0, 0.05) is 17.9 Å². The SMILES string of the molecule is COc1cccc(-c2nnc(C3C(=O)NC4(C)CC3c3ccccc3O4)o2)c1. The van der Waals surface area contributed by atoms with E-state index >= 15 is 0 Å². The molecule has 7 nitrogen and oxygen atoms in total. The van der Waals surface area contributed by atoms with Gasteiger partial charge in [0.1, 0.15) is 17.4 Å². The molecule has 1 fully saturated rings. The monoisotopic (exact) mass is 377 g/mol. The summed E-state index contributed by atoms with van der Waals surface area (Å²) in [5.74, 6) is 1.30. The van der Waals surface area contributed by atoms with Crippen LogP contribution in [0.15, 0.2) is 52.9 Å². The maximum absolute atomic E-state index is 12.9. The van der Waals surface area contributed by atoms with Crippen molar-refractivity contribution in [2.45, 2.75) is 30.9 Å². The van der Waals surface area contributed by atoms with Gasteiger partial charge < -0.3 is 19.2 Å². The molecule has 1 amide bonds. The number of amides is 1. The second kappa shape index (κ2) is 6.09. The third kappa shape index (κ3) is 2.62. The van der Waals surface area contributed by atoms with E-state index in [1.54, 1.807) is 7.11 Å². The molecule has 3 atom stereocenters. The average molecular weight is 377 g/mol. The third-order valence-corrected chi connectivity index (χ3v) is 5.36. The number of para-hydroxylation sites is 1. The fourth-order valence-corrected chi connectivity index (χ4v) is 4.11. The molecule has 3 unspecified atom stereocenters. The van der Waals surface area contributed by atoms with Gasteiger partial charge in [-0.2, -0.15) is 0 Å². The van der Waals surface area contributed by atoms with E-state index in [0.717, 1.165) is 16.9 Å². The number of piperidine rings is 1. The van der Waals surface area contributed by atoms with Crippen molar-refractivity contribution >= 4 is 5.91 Å². The summed E-state index contributed by atoms with van der Waals surface area (Å²) in [6.07, 6.45) is 0.636. The fourth-order valence-electron chi connectivity index (χ4n) is 4.11. The van der Waals surface area contributed by atoms with Crippen LogP contribution in [0, 0.1) is 0 Å². The second-order valence-electron chi connectivity index (χ2n) is 7.33. The van der Waals surface area contributed by atoms with Crippen LogP contribution in [0.3, 0.4) is 0 Å². The Hall–Kier alpha value is -3.35. The largest absolute Gasteiger partial charge is 0.497 e. The summed E-state index contributed by atoms with van der Waals surface area (Å²) >= 11 is 0. The van der Waals surface area contributed by atoms with E-state index in [4.69, 9.17) is 13.9 Å². The van der Waals surface area contributed by atoms with Crippen LogP contribution in [0.25, 0.3) is 11.5 Å². The molecule has 0 spiro atoms. The number of hydrogen-bond acceptors (Lipinski definition) is 6. The number of nitrogens with zero attached hydrogens (tertiary/aromatic N) is 2. The number of hydrogen-bond donors (Lipinski definition) is 1. The Morgan fingerprint density at radius 3 is 2.89 bits per heavy atom. The van der Waals surface area contributed by atoms with Gasteiger partial charge in [-0.05, 0) is 36.8 Å². The summed E-state index contributed by atoms with van der Waals surface area (Å²) < 4.78 is 17.2. The van der Waals surface area contributed by atoms with Crippen LogP contribution in [0.1, 0.15) is 36.6 Å². The maximum atomic E-state index is 12.9. The molecule has 5 rings (SSSR count). The molecule has 3 aromatic rings. The van der Waals surface area contributed by atoms with E-state index in [9.17, 15) is 4.79 Å². The zero-order valence-corrected chi connectivity index (χ0v) is 15.5. The lowest BCUT2D eigenvalue weighted by atomic mass is 9.75. The van der Waals surface area contributed by atoms with Crippen molar-refractivity contribution in [2.75, 3.05) is 7.11 Å². The molecule has 1 N–H and O–H groups in total. The van der Waals surface area contributed by atoms with Gasteiger partial charge >= 0.3 is 0 Å². The normalized spacial score (nSPS) is 25.4. The minimum absolute atomic E-state index is 0.0951. The van der Waals surface area contributed by atoms with E-state index in [1.807, 2.05) is 55.5 Å². The Balaban J connectivity index is 1.55. The highest BCUT2D eigenvalue weighted by Gasteiger charge is 2.51. The second-order valence-corrected chi connectivity index (χ2v) is 7.33. The van der Waals surface area contributed by atoms with Gasteiger partial charge in [-0.15, -0.1) is 10.2 Å². The molecule has 7 heteroatoms. The van der Waals surface area contributed by atoms with Gasteiger partial charge in [0.2, 0.25) is 17.7 Å². The van der Waals surface area contributed by atoms with Crippen LogP contribution in [0.5, 0.6) is 11.5 Å². The molecule has 2 aromatic carbocycles. The molecule has 2 bridgehead atoms. The van der Waals surface area contributed by atoms with E-state index in [-0.39, 0.29) is 11.8 Å². The lowest BCUT2D eigenvalue weighted by Crippen LogP contribution is -2.59. The quantitative estimate of drug-likeness (QED) is 0.754. The van der Waals surface area contributed by atoms with Gasteiger partial charge in [0.05, 0.1) is 7.11 Å². The fraction of sp³-hybridized carbons (Fsp3) is 0.286. The topological polar surface area (TPSA) is 86.5 Å². The molecule has 28 heavy (non-hydrogen) atoms. The van der Waals surface area contributed by atoms with Crippen molar-refractivity contribution in [1.82, 2.24) is 15.5 Å². The predicted octanol–water partition coefficient (Wildman–Crippen LogP) is 3.24. The molecule has 3 heterocycles. The van der Waals surface area contributed by atoms with E-state index in [0.29, 0.717) is 24.0 Å². The number of carbonyl (C=O) groups is 1. The van der Waals surface area contributed by atoms with E-state index < -0.39 is 11.6 Å². The Morgan fingerprint density at radius 1 is 1.18 bits per heavy atom. The number of methoxy groups -OCH3 is 1. The van der Waals surface area contributed by atoms with Gasteiger partial charge in [0.25, 0.3) is 0 Å². The highest BCUT2D eigenvalue weighted by atomic mass is 16.5. The van der Waals surface area contributed by atoms with E-state index in [2.05, 4.69) is 15.5 Å². The lowest BCUT2D eigenvalue weighted by molar-refractivity contribution is -0.136. The molecule has 0 saturated carbocycles. The summed E-state index contributed by atoms with van der Waals surface area (Å²) in [5.41, 5.74) is 0.995. The standard InChI is InChI=1S/C21H19N3O4/c1-21-11-15(14-8-3-4-9-16(14)28-21)17(18(25)22-21)20-24-23-19(27-20)12-6-5-7-13(10-12)26-2/h3-10,15,17H,11H2,1-2H3,(H,22,25). The van der Waals surface area contributed by atoms with E-state index in [1.165, 1.54) is 0 Å². The van der Waals surface area contributed by atoms with Crippen molar-refractivity contribution in [3.05, 3.63) is 60.0 Å². The predicted molar refractivity (Wildman–Crippen MR) is 100 cm³/mol. The number of fused-ring (bicyclic) bond motifs is 4. The number of aromatic nitrogens is 2. The van der Waals surface area contributed by atoms with Crippen LogP contribution in [-0.2, 0) is 4.79 Å². The molecule has 2 aliphatic rings. The summed E-state index contributed by atoms with van der Waals surface area (Å²) in [6.45, 7) is 1.89. The Labute approximate surface area is 161 Å². The number of ether oxygens (including phenoxy) is 2. The van der Waals surface area contributed by atoms with Crippen LogP contribution in [0.4, 0.5) is 0 Å². The first-order valence-electron chi connectivity index (χ1n) is 9.14. The lowest BCUT2D eigenvalue weighted by Gasteiger charge is -2.46. The Kier molecular flexibility index (Phi) is 3.65. The highest BCUT2D eigenvalue weighted by Crippen LogP contribution is 2.49. The Bertz CT molecular complexity index is 1060. The van der Waals surface area contributed by atoms with Crippen molar-refractivity contribution in [1.29, 1.82) is 0 Å². The molecule has 1 aromatic heterocycles.